The van der Waals surface area contributed by atoms with Crippen LogP contribution in [0, 0.1) is 6.92 Å². The molecule has 1 saturated heterocycles. The zero-order valence-corrected chi connectivity index (χ0v) is 12.2. The van der Waals surface area contributed by atoms with Gasteiger partial charge in [-0.25, -0.2) is 9.78 Å². The standard InChI is InChI=1S/C13H18N2O4S/c1-9-14-10(8-20-9)3-2-4-12(16)15-5-6-19-11(7-15)13(17)18/h8,11H,2-7H2,1H3,(H,17,18)/t11-/m0/s1. The Hall–Kier alpha value is -1.47. The molecule has 0 unspecified atom stereocenters. The first-order valence-corrected chi connectivity index (χ1v) is 7.47. The number of aromatic nitrogens is 1. The zero-order chi connectivity index (χ0) is 14.5. The molecule has 110 valence electrons. The molecule has 0 aliphatic carbocycles. The van der Waals surface area contributed by atoms with E-state index in [1.54, 1.807) is 16.2 Å². The van der Waals surface area contributed by atoms with Crippen molar-refractivity contribution < 1.29 is 19.4 Å². The highest BCUT2D eigenvalue weighted by Gasteiger charge is 2.28. The number of morpholine rings is 1. The number of amides is 1. The van der Waals surface area contributed by atoms with Crippen molar-refractivity contribution in [3.8, 4) is 0 Å². The molecule has 1 fully saturated rings. The highest BCUT2D eigenvalue weighted by molar-refractivity contribution is 7.09. The summed E-state index contributed by atoms with van der Waals surface area (Å²) < 4.78 is 5.09. The average molecular weight is 298 g/mol. The van der Waals surface area contributed by atoms with Crippen LogP contribution in [0.25, 0.3) is 0 Å². The van der Waals surface area contributed by atoms with Crippen molar-refractivity contribution in [3.05, 3.63) is 16.1 Å². The van der Waals surface area contributed by atoms with Crippen LogP contribution in [0.1, 0.15) is 23.5 Å². The quantitative estimate of drug-likeness (QED) is 0.880. The molecule has 1 N–H and O–H groups in total. The summed E-state index contributed by atoms with van der Waals surface area (Å²) >= 11 is 1.61. The lowest BCUT2D eigenvalue weighted by molar-refractivity contribution is -0.159. The summed E-state index contributed by atoms with van der Waals surface area (Å²) in [6.07, 6.45) is 1.04. The first-order valence-electron chi connectivity index (χ1n) is 6.59. The number of aryl methyl sites for hydroxylation is 2. The van der Waals surface area contributed by atoms with Gasteiger partial charge in [0.25, 0.3) is 0 Å². The van der Waals surface area contributed by atoms with Crippen molar-refractivity contribution >= 4 is 23.2 Å². The van der Waals surface area contributed by atoms with E-state index >= 15 is 0 Å². The van der Waals surface area contributed by atoms with Gasteiger partial charge in [-0.05, 0) is 19.8 Å². The fourth-order valence-electron chi connectivity index (χ4n) is 2.13. The molecule has 1 amide bonds. The Bertz CT molecular complexity index is 488. The van der Waals surface area contributed by atoms with Crippen LogP contribution < -0.4 is 0 Å². The van der Waals surface area contributed by atoms with Crippen LogP contribution in [0.15, 0.2) is 5.38 Å². The minimum absolute atomic E-state index is 0.00787. The Balaban J connectivity index is 1.75. The first kappa shape index (κ1) is 14.9. The zero-order valence-electron chi connectivity index (χ0n) is 11.4. The van der Waals surface area contributed by atoms with E-state index < -0.39 is 12.1 Å². The SMILES string of the molecule is Cc1nc(CCCC(=O)N2CCO[C@H](C(=O)O)C2)cs1. The second kappa shape index (κ2) is 6.81. The minimum atomic E-state index is -1.01. The predicted octanol–water partition coefficient (Wildman–Crippen LogP) is 1.09. The maximum absolute atomic E-state index is 12.0. The molecular weight excluding hydrogens is 280 g/mol. The molecule has 0 spiro atoms. The number of hydrogen-bond donors (Lipinski definition) is 1. The summed E-state index contributed by atoms with van der Waals surface area (Å²) in [5.74, 6) is -1.02. The summed E-state index contributed by atoms with van der Waals surface area (Å²) in [5, 5.41) is 11.9. The van der Waals surface area contributed by atoms with E-state index in [2.05, 4.69) is 4.98 Å². The number of rotatable bonds is 5. The third-order valence-corrected chi connectivity index (χ3v) is 4.01. The van der Waals surface area contributed by atoms with Crippen LogP contribution >= 0.6 is 11.3 Å². The molecule has 1 aliphatic rings. The van der Waals surface area contributed by atoms with Crippen LogP contribution in [0.5, 0.6) is 0 Å². The van der Waals surface area contributed by atoms with Gasteiger partial charge in [-0.3, -0.25) is 4.79 Å². The lowest BCUT2D eigenvalue weighted by Crippen LogP contribution is -2.48. The first-order chi connectivity index (χ1) is 9.56. The smallest absolute Gasteiger partial charge is 0.334 e. The topological polar surface area (TPSA) is 79.7 Å². The lowest BCUT2D eigenvalue weighted by atomic mass is 10.1. The van der Waals surface area contributed by atoms with Crippen molar-refractivity contribution in [1.82, 2.24) is 9.88 Å². The van der Waals surface area contributed by atoms with Crippen LogP contribution in [-0.2, 0) is 20.7 Å². The summed E-state index contributed by atoms with van der Waals surface area (Å²) in [6, 6.07) is 0. The number of carbonyl (C=O) groups is 2. The van der Waals surface area contributed by atoms with E-state index in [1.807, 2.05) is 12.3 Å². The van der Waals surface area contributed by atoms with Gasteiger partial charge in [0, 0.05) is 18.3 Å². The van der Waals surface area contributed by atoms with Gasteiger partial charge in [0.15, 0.2) is 6.10 Å². The number of hydrogen-bond acceptors (Lipinski definition) is 5. The van der Waals surface area contributed by atoms with Crippen molar-refractivity contribution in [2.24, 2.45) is 0 Å². The molecule has 1 aromatic rings. The molecule has 1 aliphatic heterocycles. The van der Waals surface area contributed by atoms with E-state index in [0.29, 0.717) is 13.0 Å². The normalized spacial score (nSPS) is 19.1. The van der Waals surface area contributed by atoms with Gasteiger partial charge in [0.2, 0.25) is 5.91 Å². The summed E-state index contributed by atoms with van der Waals surface area (Å²) in [7, 11) is 0. The minimum Gasteiger partial charge on any atom is -0.479 e. The third-order valence-electron chi connectivity index (χ3n) is 3.18. The van der Waals surface area contributed by atoms with Crippen molar-refractivity contribution in [3.63, 3.8) is 0 Å². The van der Waals surface area contributed by atoms with Gasteiger partial charge in [0.1, 0.15) is 0 Å². The summed E-state index contributed by atoms with van der Waals surface area (Å²) in [6.45, 7) is 2.86. The number of nitrogens with zero attached hydrogens (tertiary/aromatic N) is 2. The van der Waals surface area contributed by atoms with Gasteiger partial charge < -0.3 is 14.7 Å². The van der Waals surface area contributed by atoms with Gasteiger partial charge in [-0.15, -0.1) is 11.3 Å². The van der Waals surface area contributed by atoms with E-state index in [0.717, 1.165) is 23.5 Å². The fourth-order valence-corrected chi connectivity index (χ4v) is 2.77. The summed E-state index contributed by atoms with van der Waals surface area (Å²) in [5.41, 5.74) is 1.02. The molecule has 2 rings (SSSR count). The Morgan fingerprint density at radius 3 is 3.05 bits per heavy atom. The lowest BCUT2D eigenvalue weighted by Gasteiger charge is -2.30. The maximum Gasteiger partial charge on any atom is 0.334 e. The molecule has 0 saturated carbocycles. The Morgan fingerprint density at radius 1 is 1.60 bits per heavy atom. The second-order valence-electron chi connectivity index (χ2n) is 4.75. The molecule has 0 radical (unpaired) electrons. The van der Waals surface area contributed by atoms with Gasteiger partial charge in [0.05, 0.1) is 23.9 Å². The van der Waals surface area contributed by atoms with Crippen molar-refractivity contribution in [1.29, 1.82) is 0 Å². The van der Waals surface area contributed by atoms with Crippen LogP contribution in [0.2, 0.25) is 0 Å². The van der Waals surface area contributed by atoms with E-state index in [9.17, 15) is 9.59 Å². The predicted molar refractivity (Wildman–Crippen MR) is 73.7 cm³/mol. The molecule has 1 atom stereocenters. The number of carboxylic acid groups (broad SMARTS) is 1. The highest BCUT2D eigenvalue weighted by Crippen LogP contribution is 2.12. The third kappa shape index (κ3) is 4.01. The Morgan fingerprint density at radius 2 is 2.40 bits per heavy atom. The number of aliphatic carboxylic acids is 1. The molecule has 0 aromatic carbocycles. The Labute approximate surface area is 121 Å². The fraction of sp³-hybridized carbons (Fsp3) is 0.615. The monoisotopic (exact) mass is 298 g/mol. The second-order valence-corrected chi connectivity index (χ2v) is 5.81. The van der Waals surface area contributed by atoms with Crippen LogP contribution in [-0.4, -0.2) is 52.7 Å². The molecule has 6 nitrogen and oxygen atoms in total. The van der Waals surface area contributed by atoms with Crippen molar-refractivity contribution in [2.75, 3.05) is 19.7 Å². The molecule has 20 heavy (non-hydrogen) atoms. The van der Waals surface area contributed by atoms with Crippen LogP contribution in [0.3, 0.4) is 0 Å². The molecular formula is C13H18N2O4S. The average Bonchev–Trinajstić information content (AvgIpc) is 2.84. The van der Waals surface area contributed by atoms with Gasteiger partial charge in [-0.1, -0.05) is 0 Å². The largest absolute Gasteiger partial charge is 0.479 e. The molecule has 2 heterocycles. The van der Waals surface area contributed by atoms with Gasteiger partial charge in [-0.2, -0.15) is 0 Å². The molecule has 1 aromatic heterocycles. The number of carbonyl (C=O) groups excluding carboxylic acids is 1. The van der Waals surface area contributed by atoms with E-state index in [-0.39, 0.29) is 19.1 Å². The number of thiazole rings is 1. The maximum atomic E-state index is 12.0. The molecule has 7 heteroatoms. The number of carboxylic acids is 1. The highest BCUT2D eigenvalue weighted by atomic mass is 32.1. The van der Waals surface area contributed by atoms with Gasteiger partial charge >= 0.3 is 5.97 Å². The molecule has 0 bridgehead atoms. The van der Waals surface area contributed by atoms with Crippen LogP contribution in [0.4, 0.5) is 0 Å². The van der Waals surface area contributed by atoms with E-state index in [4.69, 9.17) is 9.84 Å². The number of ether oxygens (including phenoxy) is 1. The van der Waals surface area contributed by atoms with Crippen molar-refractivity contribution in [2.45, 2.75) is 32.3 Å². The Kier molecular flexibility index (Phi) is 5.08. The van der Waals surface area contributed by atoms with E-state index in [1.165, 1.54) is 0 Å². The summed E-state index contributed by atoms with van der Waals surface area (Å²) in [4.78, 5) is 28.8.